The van der Waals surface area contributed by atoms with Crippen molar-refractivity contribution in [3.8, 4) is 6.01 Å². The summed E-state index contributed by atoms with van der Waals surface area (Å²) >= 11 is 0. The Labute approximate surface area is 125 Å². The fraction of sp³-hybridized carbons (Fsp3) is 0.643. The third kappa shape index (κ3) is 4.86. The van der Waals surface area contributed by atoms with Crippen LogP contribution in [0.4, 0.5) is 11.9 Å². The van der Waals surface area contributed by atoms with Crippen LogP contribution in [0.5, 0.6) is 6.01 Å². The van der Waals surface area contributed by atoms with Crippen LogP contribution in [0.1, 0.15) is 19.8 Å². The molecule has 0 bridgehead atoms. The lowest BCUT2D eigenvalue weighted by Gasteiger charge is -2.26. The molecule has 7 nitrogen and oxygen atoms in total. The molecule has 0 spiro atoms. The van der Waals surface area contributed by atoms with Gasteiger partial charge in [-0.1, -0.05) is 6.08 Å². The molecular weight excluding hydrogens is 270 g/mol. The number of allylic oxidation sites excluding steroid dienone is 1. The lowest BCUT2D eigenvalue weighted by Crippen LogP contribution is -2.37. The standard InChI is InChI=1S/C14H23N5O2/c1-3-5-6-9-21-14-17-12(15-4-2)16-13(18-14)19-7-10-20-11-8-19/h3H,1,4-11H2,2H3,(H,15,16,17,18). The van der Waals surface area contributed by atoms with Crippen LogP contribution in [0.2, 0.25) is 0 Å². The van der Waals surface area contributed by atoms with Gasteiger partial charge in [-0.2, -0.15) is 15.0 Å². The van der Waals surface area contributed by atoms with Crippen molar-refractivity contribution in [1.82, 2.24) is 15.0 Å². The van der Waals surface area contributed by atoms with Gasteiger partial charge in [0, 0.05) is 19.6 Å². The van der Waals surface area contributed by atoms with Crippen molar-refractivity contribution in [2.45, 2.75) is 19.8 Å². The van der Waals surface area contributed by atoms with Gasteiger partial charge >= 0.3 is 6.01 Å². The maximum atomic E-state index is 5.62. The van der Waals surface area contributed by atoms with Gasteiger partial charge in [-0.15, -0.1) is 6.58 Å². The number of hydrogen-bond acceptors (Lipinski definition) is 7. The largest absolute Gasteiger partial charge is 0.463 e. The lowest BCUT2D eigenvalue weighted by molar-refractivity contribution is 0.122. The SMILES string of the molecule is C=CCCCOc1nc(NCC)nc(N2CCOCC2)n1. The second-order valence-electron chi connectivity index (χ2n) is 4.65. The second kappa shape index (κ2) is 8.41. The smallest absolute Gasteiger partial charge is 0.323 e. The Balaban J connectivity index is 2.07. The minimum absolute atomic E-state index is 0.367. The highest BCUT2D eigenvalue weighted by Crippen LogP contribution is 2.16. The molecule has 2 heterocycles. The number of unbranched alkanes of at least 4 members (excludes halogenated alkanes) is 1. The molecule has 0 radical (unpaired) electrons. The minimum atomic E-state index is 0.367. The van der Waals surface area contributed by atoms with Crippen LogP contribution in [0, 0.1) is 0 Å². The van der Waals surface area contributed by atoms with E-state index < -0.39 is 0 Å². The summed E-state index contributed by atoms with van der Waals surface area (Å²) in [6.45, 7) is 9.97. The molecule has 0 saturated carbocycles. The zero-order valence-electron chi connectivity index (χ0n) is 12.5. The third-order valence-electron chi connectivity index (χ3n) is 3.02. The number of aromatic nitrogens is 3. The second-order valence-corrected chi connectivity index (χ2v) is 4.65. The lowest BCUT2D eigenvalue weighted by atomic mass is 10.3. The molecule has 0 aromatic carbocycles. The molecule has 2 rings (SSSR count). The van der Waals surface area contributed by atoms with E-state index in [0.717, 1.165) is 32.5 Å². The Kier molecular flexibility index (Phi) is 6.21. The molecule has 0 unspecified atom stereocenters. The first-order valence-electron chi connectivity index (χ1n) is 7.40. The molecule has 0 amide bonds. The van der Waals surface area contributed by atoms with E-state index in [-0.39, 0.29) is 0 Å². The van der Waals surface area contributed by atoms with Crippen LogP contribution >= 0.6 is 0 Å². The van der Waals surface area contributed by atoms with Crippen molar-refractivity contribution in [1.29, 1.82) is 0 Å². The summed E-state index contributed by atoms with van der Waals surface area (Å²) in [7, 11) is 0. The molecule has 0 atom stereocenters. The summed E-state index contributed by atoms with van der Waals surface area (Å²) < 4.78 is 11.0. The van der Waals surface area contributed by atoms with Crippen LogP contribution in [-0.2, 0) is 4.74 Å². The number of anilines is 2. The monoisotopic (exact) mass is 293 g/mol. The van der Waals surface area contributed by atoms with E-state index in [2.05, 4.69) is 31.7 Å². The average molecular weight is 293 g/mol. The van der Waals surface area contributed by atoms with Gasteiger partial charge in [-0.05, 0) is 19.8 Å². The first-order chi connectivity index (χ1) is 10.3. The van der Waals surface area contributed by atoms with Crippen molar-refractivity contribution >= 4 is 11.9 Å². The molecule has 1 aromatic heterocycles. The van der Waals surface area contributed by atoms with Crippen molar-refractivity contribution in [2.75, 3.05) is 49.7 Å². The van der Waals surface area contributed by atoms with Crippen molar-refractivity contribution in [3.63, 3.8) is 0 Å². The molecule has 1 N–H and O–H groups in total. The molecule has 21 heavy (non-hydrogen) atoms. The van der Waals surface area contributed by atoms with E-state index in [9.17, 15) is 0 Å². The van der Waals surface area contributed by atoms with Gasteiger partial charge in [0.2, 0.25) is 11.9 Å². The molecule has 1 saturated heterocycles. The fourth-order valence-corrected chi connectivity index (χ4v) is 1.94. The number of ether oxygens (including phenoxy) is 2. The van der Waals surface area contributed by atoms with Crippen molar-refractivity contribution in [3.05, 3.63) is 12.7 Å². The van der Waals surface area contributed by atoms with Gasteiger partial charge in [0.15, 0.2) is 0 Å². The number of rotatable bonds is 8. The van der Waals surface area contributed by atoms with Crippen molar-refractivity contribution in [2.24, 2.45) is 0 Å². The first-order valence-corrected chi connectivity index (χ1v) is 7.40. The van der Waals surface area contributed by atoms with Gasteiger partial charge in [0.05, 0.1) is 19.8 Å². The van der Waals surface area contributed by atoms with E-state index in [0.29, 0.717) is 37.7 Å². The van der Waals surface area contributed by atoms with Crippen molar-refractivity contribution < 1.29 is 9.47 Å². The molecule has 1 aromatic rings. The first kappa shape index (κ1) is 15.5. The maximum Gasteiger partial charge on any atom is 0.323 e. The van der Waals surface area contributed by atoms with E-state index in [1.54, 1.807) is 0 Å². The quantitative estimate of drug-likeness (QED) is 0.575. The predicted molar refractivity (Wildman–Crippen MR) is 81.9 cm³/mol. The number of morpholine rings is 1. The molecular formula is C14H23N5O2. The highest BCUT2D eigenvalue weighted by molar-refractivity contribution is 5.38. The predicted octanol–water partition coefficient (Wildman–Crippen LogP) is 1.48. The Morgan fingerprint density at radius 1 is 1.33 bits per heavy atom. The van der Waals surface area contributed by atoms with E-state index >= 15 is 0 Å². The zero-order chi connectivity index (χ0) is 14.9. The normalized spacial score (nSPS) is 14.8. The molecule has 7 heteroatoms. The molecule has 1 aliphatic heterocycles. The summed E-state index contributed by atoms with van der Waals surface area (Å²) in [6, 6.07) is 0.367. The molecule has 116 valence electrons. The van der Waals surface area contributed by atoms with Gasteiger partial charge in [0.1, 0.15) is 0 Å². The van der Waals surface area contributed by atoms with Gasteiger partial charge in [-0.3, -0.25) is 0 Å². The average Bonchev–Trinajstić information content (AvgIpc) is 2.53. The number of nitrogens with zero attached hydrogens (tertiary/aromatic N) is 4. The Morgan fingerprint density at radius 3 is 2.86 bits per heavy atom. The van der Waals surface area contributed by atoms with Gasteiger partial charge in [-0.25, -0.2) is 0 Å². The Bertz CT molecular complexity index is 449. The number of nitrogens with one attached hydrogen (secondary N) is 1. The number of hydrogen-bond donors (Lipinski definition) is 1. The third-order valence-corrected chi connectivity index (χ3v) is 3.02. The highest BCUT2D eigenvalue weighted by Gasteiger charge is 2.16. The van der Waals surface area contributed by atoms with E-state index in [1.165, 1.54) is 0 Å². The van der Waals surface area contributed by atoms with Crippen LogP contribution < -0.4 is 15.0 Å². The van der Waals surface area contributed by atoms with Crippen LogP contribution in [0.15, 0.2) is 12.7 Å². The summed E-state index contributed by atoms with van der Waals surface area (Å²) in [5.74, 6) is 1.19. The molecule has 0 aliphatic carbocycles. The van der Waals surface area contributed by atoms with Gasteiger partial charge < -0.3 is 19.7 Å². The summed E-state index contributed by atoms with van der Waals surface area (Å²) in [6.07, 6.45) is 3.69. The van der Waals surface area contributed by atoms with Crippen LogP contribution in [0.25, 0.3) is 0 Å². The van der Waals surface area contributed by atoms with Crippen LogP contribution in [-0.4, -0.2) is 54.4 Å². The summed E-state index contributed by atoms with van der Waals surface area (Å²) in [4.78, 5) is 15.2. The maximum absolute atomic E-state index is 5.62. The Morgan fingerprint density at radius 2 is 2.14 bits per heavy atom. The highest BCUT2D eigenvalue weighted by atomic mass is 16.5. The minimum Gasteiger partial charge on any atom is -0.463 e. The molecule has 1 aliphatic rings. The van der Waals surface area contributed by atoms with E-state index in [1.807, 2.05) is 13.0 Å². The van der Waals surface area contributed by atoms with Crippen LogP contribution in [0.3, 0.4) is 0 Å². The summed E-state index contributed by atoms with van der Waals surface area (Å²) in [5, 5.41) is 3.11. The molecule has 1 fully saturated rings. The fourth-order valence-electron chi connectivity index (χ4n) is 1.94. The topological polar surface area (TPSA) is 72.4 Å². The zero-order valence-corrected chi connectivity index (χ0v) is 12.5. The summed E-state index contributed by atoms with van der Waals surface area (Å²) in [5.41, 5.74) is 0. The Hall–Kier alpha value is -1.89. The van der Waals surface area contributed by atoms with E-state index in [4.69, 9.17) is 9.47 Å². The van der Waals surface area contributed by atoms with Gasteiger partial charge in [0.25, 0.3) is 0 Å².